The molecule has 0 atom stereocenters. The molecule has 0 radical (unpaired) electrons. The average molecular weight is 310 g/mol. The molecular weight excluding hydrogens is 284 g/mol. The van der Waals surface area contributed by atoms with Crippen LogP contribution in [0.25, 0.3) is 0 Å². The smallest absolute Gasteiger partial charge is 0.240 e. The third-order valence-electron chi connectivity index (χ3n) is 4.37. The number of hydrogen-bond donors (Lipinski definition) is 1. The zero-order valence-electron chi connectivity index (χ0n) is 13.4. The van der Waals surface area contributed by atoms with Gasteiger partial charge in [-0.15, -0.1) is 0 Å². The molecule has 4 nitrogen and oxygen atoms in total. The number of rotatable bonds is 4. The second-order valence-corrected chi connectivity index (χ2v) is 7.99. The standard InChI is InChI=1S/C16H26N2O2S/c1-12(2)18-9-7-15(8-10-18)17-21(19,20)16-6-5-13(3)14(4)11-16/h5-6,11-12,15,17H,7-10H2,1-4H3. The van der Waals surface area contributed by atoms with Gasteiger partial charge in [0.15, 0.2) is 0 Å². The fraction of sp³-hybridized carbons (Fsp3) is 0.625. The van der Waals surface area contributed by atoms with E-state index in [0.717, 1.165) is 37.1 Å². The highest BCUT2D eigenvalue weighted by atomic mass is 32.2. The first-order valence-electron chi connectivity index (χ1n) is 7.63. The van der Waals surface area contributed by atoms with Crippen LogP contribution in [0.15, 0.2) is 23.1 Å². The molecule has 1 heterocycles. The van der Waals surface area contributed by atoms with Crippen LogP contribution in [0.5, 0.6) is 0 Å². The van der Waals surface area contributed by atoms with E-state index in [0.29, 0.717) is 10.9 Å². The topological polar surface area (TPSA) is 49.4 Å². The second-order valence-electron chi connectivity index (χ2n) is 6.27. The summed E-state index contributed by atoms with van der Waals surface area (Å²) in [5.41, 5.74) is 2.12. The first-order chi connectivity index (χ1) is 9.79. The van der Waals surface area contributed by atoms with E-state index in [1.165, 1.54) is 0 Å². The van der Waals surface area contributed by atoms with Gasteiger partial charge in [0.2, 0.25) is 10.0 Å². The zero-order valence-corrected chi connectivity index (χ0v) is 14.2. The molecule has 118 valence electrons. The van der Waals surface area contributed by atoms with Crippen molar-refractivity contribution in [3.8, 4) is 0 Å². The van der Waals surface area contributed by atoms with Crippen LogP contribution in [-0.2, 0) is 10.0 Å². The molecule has 0 amide bonds. The molecular formula is C16H26N2O2S. The molecule has 1 N–H and O–H groups in total. The maximum Gasteiger partial charge on any atom is 0.240 e. The Morgan fingerprint density at radius 2 is 1.76 bits per heavy atom. The summed E-state index contributed by atoms with van der Waals surface area (Å²) in [5.74, 6) is 0. The lowest BCUT2D eigenvalue weighted by Gasteiger charge is -2.34. The van der Waals surface area contributed by atoms with Crippen LogP contribution in [0, 0.1) is 13.8 Å². The van der Waals surface area contributed by atoms with E-state index in [4.69, 9.17) is 0 Å². The Bertz CT molecular complexity index is 588. The molecule has 1 aromatic carbocycles. The summed E-state index contributed by atoms with van der Waals surface area (Å²) < 4.78 is 27.8. The Kier molecular flexibility index (Phi) is 5.07. The molecule has 1 fully saturated rings. The molecule has 1 aliphatic rings. The summed E-state index contributed by atoms with van der Waals surface area (Å²) in [4.78, 5) is 2.76. The van der Waals surface area contributed by atoms with Crippen LogP contribution in [-0.4, -0.2) is 38.5 Å². The van der Waals surface area contributed by atoms with Crippen molar-refractivity contribution in [2.75, 3.05) is 13.1 Å². The quantitative estimate of drug-likeness (QED) is 0.929. The lowest BCUT2D eigenvalue weighted by Crippen LogP contribution is -2.46. The SMILES string of the molecule is Cc1ccc(S(=O)(=O)NC2CCN(C(C)C)CC2)cc1C. The van der Waals surface area contributed by atoms with E-state index < -0.39 is 10.0 Å². The molecule has 0 saturated carbocycles. The zero-order chi connectivity index (χ0) is 15.6. The molecule has 1 aromatic rings. The van der Waals surface area contributed by atoms with Crippen molar-refractivity contribution >= 4 is 10.0 Å². The van der Waals surface area contributed by atoms with Crippen LogP contribution in [0.3, 0.4) is 0 Å². The number of likely N-dealkylation sites (tertiary alicyclic amines) is 1. The highest BCUT2D eigenvalue weighted by Crippen LogP contribution is 2.18. The second kappa shape index (κ2) is 6.46. The first-order valence-corrected chi connectivity index (χ1v) is 9.11. The van der Waals surface area contributed by atoms with Gasteiger partial charge in [-0.2, -0.15) is 0 Å². The van der Waals surface area contributed by atoms with Crippen molar-refractivity contribution in [2.45, 2.75) is 57.5 Å². The predicted octanol–water partition coefficient (Wildman–Crippen LogP) is 2.45. The van der Waals surface area contributed by atoms with Gasteiger partial charge in [-0.1, -0.05) is 6.07 Å². The van der Waals surface area contributed by atoms with E-state index in [1.54, 1.807) is 12.1 Å². The summed E-state index contributed by atoms with van der Waals surface area (Å²) in [6.07, 6.45) is 1.75. The van der Waals surface area contributed by atoms with Crippen LogP contribution in [0.4, 0.5) is 0 Å². The third-order valence-corrected chi connectivity index (χ3v) is 5.89. The Labute approximate surface area is 128 Å². The molecule has 0 aromatic heterocycles. The summed E-state index contributed by atoms with van der Waals surface area (Å²) in [5, 5.41) is 0. The molecule has 0 aliphatic carbocycles. The molecule has 1 saturated heterocycles. The van der Waals surface area contributed by atoms with Crippen molar-refractivity contribution in [1.82, 2.24) is 9.62 Å². The van der Waals surface area contributed by atoms with Gasteiger partial charge in [0.25, 0.3) is 0 Å². The van der Waals surface area contributed by atoms with Gasteiger partial charge >= 0.3 is 0 Å². The number of piperidine rings is 1. The normalized spacial score (nSPS) is 18.3. The molecule has 0 unspecified atom stereocenters. The van der Waals surface area contributed by atoms with Gasteiger partial charge in [0, 0.05) is 12.1 Å². The Hall–Kier alpha value is -0.910. The number of benzene rings is 1. The summed E-state index contributed by atoms with van der Waals surface area (Å²) in [6.45, 7) is 10.2. The van der Waals surface area contributed by atoms with E-state index in [-0.39, 0.29) is 6.04 Å². The first kappa shape index (κ1) is 16.5. The van der Waals surface area contributed by atoms with Crippen molar-refractivity contribution in [1.29, 1.82) is 0 Å². The fourth-order valence-corrected chi connectivity index (χ4v) is 4.09. The monoisotopic (exact) mass is 310 g/mol. The maximum absolute atomic E-state index is 12.5. The van der Waals surface area contributed by atoms with Crippen molar-refractivity contribution in [3.05, 3.63) is 29.3 Å². The number of nitrogens with one attached hydrogen (secondary N) is 1. The van der Waals surface area contributed by atoms with Crippen LogP contribution >= 0.6 is 0 Å². The highest BCUT2D eigenvalue weighted by molar-refractivity contribution is 7.89. The van der Waals surface area contributed by atoms with Gasteiger partial charge in [0.05, 0.1) is 4.90 Å². The molecule has 0 bridgehead atoms. The van der Waals surface area contributed by atoms with E-state index in [1.807, 2.05) is 19.9 Å². The molecule has 21 heavy (non-hydrogen) atoms. The maximum atomic E-state index is 12.5. The van der Waals surface area contributed by atoms with E-state index in [2.05, 4.69) is 23.5 Å². The summed E-state index contributed by atoms with van der Waals surface area (Å²) >= 11 is 0. The fourth-order valence-electron chi connectivity index (χ4n) is 2.70. The van der Waals surface area contributed by atoms with Crippen molar-refractivity contribution in [3.63, 3.8) is 0 Å². The molecule has 0 spiro atoms. The minimum Gasteiger partial charge on any atom is -0.301 e. The minimum atomic E-state index is -3.41. The largest absolute Gasteiger partial charge is 0.301 e. The number of nitrogens with zero attached hydrogens (tertiary/aromatic N) is 1. The average Bonchev–Trinajstić information content (AvgIpc) is 2.42. The van der Waals surface area contributed by atoms with E-state index >= 15 is 0 Å². The van der Waals surface area contributed by atoms with Crippen molar-refractivity contribution in [2.24, 2.45) is 0 Å². The van der Waals surface area contributed by atoms with Gasteiger partial charge in [0.1, 0.15) is 0 Å². The van der Waals surface area contributed by atoms with Crippen LogP contribution in [0.2, 0.25) is 0 Å². The third kappa shape index (κ3) is 4.05. The van der Waals surface area contributed by atoms with Crippen molar-refractivity contribution < 1.29 is 8.42 Å². The lowest BCUT2D eigenvalue weighted by molar-refractivity contribution is 0.168. The van der Waals surface area contributed by atoms with E-state index in [9.17, 15) is 8.42 Å². The minimum absolute atomic E-state index is 0.0478. The molecule has 5 heteroatoms. The Balaban J connectivity index is 2.03. The number of sulfonamides is 1. The van der Waals surface area contributed by atoms with Gasteiger partial charge in [-0.05, 0) is 76.9 Å². The Morgan fingerprint density at radius 1 is 1.14 bits per heavy atom. The molecule has 1 aliphatic heterocycles. The number of aryl methyl sites for hydroxylation is 2. The highest BCUT2D eigenvalue weighted by Gasteiger charge is 2.25. The number of hydrogen-bond acceptors (Lipinski definition) is 3. The lowest BCUT2D eigenvalue weighted by atomic mass is 10.1. The Morgan fingerprint density at radius 3 is 2.29 bits per heavy atom. The van der Waals surface area contributed by atoms with Crippen LogP contribution < -0.4 is 4.72 Å². The van der Waals surface area contributed by atoms with Crippen LogP contribution in [0.1, 0.15) is 37.8 Å². The summed E-state index contributed by atoms with van der Waals surface area (Å²) in [6, 6.07) is 5.88. The van der Waals surface area contributed by atoms with Gasteiger partial charge in [-0.25, -0.2) is 13.1 Å². The predicted molar refractivity (Wildman–Crippen MR) is 86.0 cm³/mol. The van der Waals surface area contributed by atoms with Gasteiger partial charge in [-0.3, -0.25) is 0 Å². The molecule has 2 rings (SSSR count). The summed E-state index contributed by atoms with van der Waals surface area (Å²) in [7, 11) is -3.41. The van der Waals surface area contributed by atoms with Gasteiger partial charge < -0.3 is 4.90 Å².